The molecule has 7 nitrogen and oxygen atoms in total. The fourth-order valence-electron chi connectivity index (χ4n) is 2.99. The Bertz CT molecular complexity index is 721. The molecule has 1 aliphatic rings. The Morgan fingerprint density at radius 2 is 2.42 bits per heavy atom. The maximum Gasteiger partial charge on any atom is 0.250 e. The van der Waals surface area contributed by atoms with Crippen LogP contribution in [0.5, 0.6) is 0 Å². The molecule has 0 spiro atoms. The molecule has 1 aliphatic heterocycles. The number of nitrogens with two attached hydrogens (primary N) is 1. The van der Waals surface area contributed by atoms with Gasteiger partial charge in [0.2, 0.25) is 5.91 Å². The molecule has 24 heavy (non-hydrogen) atoms. The molecule has 3 rings (SSSR count). The van der Waals surface area contributed by atoms with Crippen molar-refractivity contribution in [3.8, 4) is 0 Å². The van der Waals surface area contributed by atoms with E-state index in [1.807, 2.05) is 0 Å². The first-order valence-electron chi connectivity index (χ1n) is 7.55. The van der Waals surface area contributed by atoms with Crippen molar-refractivity contribution in [2.45, 2.75) is 18.9 Å². The highest BCUT2D eigenvalue weighted by Crippen LogP contribution is 2.38. The number of pyridine rings is 1. The first-order valence-corrected chi connectivity index (χ1v) is 7.93. The van der Waals surface area contributed by atoms with Crippen LogP contribution in [0.15, 0.2) is 12.4 Å². The van der Waals surface area contributed by atoms with E-state index in [2.05, 4.69) is 20.2 Å². The normalized spacial score (nSPS) is 17.6. The van der Waals surface area contributed by atoms with E-state index in [4.69, 9.17) is 22.1 Å². The van der Waals surface area contributed by atoms with Crippen LogP contribution in [0.2, 0.25) is 5.02 Å². The number of carbonyl (C=O) groups is 1. The average molecular weight is 374 g/mol. The number of nitrogens with one attached hydrogen (secondary N) is 2. The van der Waals surface area contributed by atoms with Crippen molar-refractivity contribution in [2.75, 3.05) is 37.0 Å². The summed E-state index contributed by atoms with van der Waals surface area (Å²) in [7, 11) is 1.48. The second-order valence-electron chi connectivity index (χ2n) is 5.71. The Morgan fingerprint density at radius 1 is 1.62 bits per heavy atom. The molecule has 0 radical (unpaired) electrons. The van der Waals surface area contributed by atoms with Crippen molar-refractivity contribution in [1.29, 1.82) is 0 Å². The number of piperidine rings is 1. The molecule has 9 heteroatoms. The lowest BCUT2D eigenvalue weighted by molar-refractivity contribution is -0.119. The van der Waals surface area contributed by atoms with Crippen molar-refractivity contribution < 1.29 is 9.53 Å². The SMILES string of the molecule is COCC(=O)Nc1c[nH]c2ncc(Cl)c(N3CCCC(N)C3)c12.Cl. The van der Waals surface area contributed by atoms with Gasteiger partial charge in [0.15, 0.2) is 0 Å². The van der Waals surface area contributed by atoms with Crippen LogP contribution in [0.4, 0.5) is 11.4 Å². The highest BCUT2D eigenvalue weighted by Gasteiger charge is 2.24. The minimum atomic E-state index is -0.227. The fraction of sp³-hybridized carbons (Fsp3) is 0.467. The third kappa shape index (κ3) is 3.75. The van der Waals surface area contributed by atoms with Crippen LogP contribution in [0.1, 0.15) is 12.8 Å². The number of H-pyrrole nitrogens is 1. The molecule has 1 amide bonds. The zero-order chi connectivity index (χ0) is 16.4. The summed E-state index contributed by atoms with van der Waals surface area (Å²) in [5, 5.41) is 4.18. The summed E-state index contributed by atoms with van der Waals surface area (Å²) < 4.78 is 4.86. The van der Waals surface area contributed by atoms with Gasteiger partial charge in [0.1, 0.15) is 12.3 Å². The Labute approximate surface area is 151 Å². The highest BCUT2D eigenvalue weighted by molar-refractivity contribution is 6.35. The van der Waals surface area contributed by atoms with Crippen LogP contribution >= 0.6 is 24.0 Å². The van der Waals surface area contributed by atoms with E-state index in [1.54, 1.807) is 12.4 Å². The molecule has 132 valence electrons. The van der Waals surface area contributed by atoms with Gasteiger partial charge in [-0.05, 0) is 12.8 Å². The van der Waals surface area contributed by atoms with Crippen molar-refractivity contribution in [1.82, 2.24) is 9.97 Å². The summed E-state index contributed by atoms with van der Waals surface area (Å²) >= 11 is 6.41. The lowest BCUT2D eigenvalue weighted by Gasteiger charge is -2.33. The van der Waals surface area contributed by atoms with Gasteiger partial charge in [0.05, 0.1) is 28.0 Å². The lowest BCUT2D eigenvalue weighted by atomic mass is 10.1. The van der Waals surface area contributed by atoms with Gasteiger partial charge in [-0.25, -0.2) is 4.98 Å². The quantitative estimate of drug-likeness (QED) is 0.762. The number of fused-ring (bicyclic) bond motifs is 1. The van der Waals surface area contributed by atoms with Crippen LogP contribution in [0.25, 0.3) is 11.0 Å². The maximum absolute atomic E-state index is 11.8. The summed E-state index contributed by atoms with van der Waals surface area (Å²) in [4.78, 5) is 21.4. The molecular formula is C15H21Cl2N5O2. The number of hydrogen-bond acceptors (Lipinski definition) is 5. The summed E-state index contributed by atoms with van der Waals surface area (Å²) in [5.41, 5.74) is 8.28. The predicted octanol–water partition coefficient (Wildman–Crippen LogP) is 2.15. The largest absolute Gasteiger partial charge is 0.375 e. The van der Waals surface area contributed by atoms with Gasteiger partial charge < -0.3 is 25.7 Å². The minimum Gasteiger partial charge on any atom is -0.375 e. The van der Waals surface area contributed by atoms with E-state index >= 15 is 0 Å². The first kappa shape index (κ1) is 18.8. The molecule has 0 saturated carbocycles. The first-order chi connectivity index (χ1) is 11.1. The number of methoxy groups -OCH3 is 1. The predicted molar refractivity (Wildman–Crippen MR) is 98.3 cm³/mol. The molecule has 1 fully saturated rings. The number of hydrogen-bond donors (Lipinski definition) is 3. The van der Waals surface area contributed by atoms with Gasteiger partial charge in [-0.1, -0.05) is 11.6 Å². The number of ether oxygens (including phenoxy) is 1. The van der Waals surface area contributed by atoms with Crippen LogP contribution < -0.4 is 16.0 Å². The number of rotatable bonds is 4. The number of carbonyl (C=O) groups excluding carboxylic acids is 1. The Hall–Kier alpha value is -1.54. The van der Waals surface area contributed by atoms with Crippen molar-refractivity contribution >= 4 is 52.3 Å². The summed E-state index contributed by atoms with van der Waals surface area (Å²) in [6, 6.07) is 0.119. The van der Waals surface area contributed by atoms with Crippen molar-refractivity contribution in [2.24, 2.45) is 5.73 Å². The number of aromatic nitrogens is 2. The topological polar surface area (TPSA) is 96.3 Å². The number of amides is 1. The standard InChI is InChI=1S/C15H20ClN5O2.ClH/c1-23-8-12(22)20-11-6-19-15-13(11)14(10(16)5-18-15)21-4-2-3-9(17)7-21;/h5-6,9H,2-4,7-8,17H2,1H3,(H,18,19)(H,20,22);1H. The maximum atomic E-state index is 11.8. The molecule has 1 unspecified atom stereocenters. The van der Waals surface area contributed by atoms with E-state index < -0.39 is 0 Å². The second-order valence-corrected chi connectivity index (χ2v) is 6.12. The minimum absolute atomic E-state index is 0. The number of anilines is 2. The second kappa shape index (κ2) is 8.02. The van der Waals surface area contributed by atoms with Crippen LogP contribution in [-0.2, 0) is 9.53 Å². The van der Waals surface area contributed by atoms with Gasteiger partial charge in [0, 0.05) is 32.4 Å². The number of aromatic amines is 1. The van der Waals surface area contributed by atoms with E-state index in [-0.39, 0.29) is 31.0 Å². The fourth-order valence-corrected chi connectivity index (χ4v) is 3.26. The van der Waals surface area contributed by atoms with Crippen molar-refractivity contribution in [3.63, 3.8) is 0 Å². The summed E-state index contributed by atoms with van der Waals surface area (Å²) in [6.07, 6.45) is 5.36. The van der Waals surface area contributed by atoms with Crippen LogP contribution in [-0.4, -0.2) is 48.7 Å². The highest BCUT2D eigenvalue weighted by atomic mass is 35.5. The molecule has 2 aromatic rings. The molecule has 0 aliphatic carbocycles. The molecule has 1 saturated heterocycles. The molecule has 2 aromatic heterocycles. The van der Waals surface area contributed by atoms with E-state index in [0.29, 0.717) is 16.4 Å². The Kier molecular flexibility index (Phi) is 6.28. The Balaban J connectivity index is 0.00000208. The third-order valence-electron chi connectivity index (χ3n) is 3.95. The summed E-state index contributed by atoms with van der Waals surface area (Å²) in [6.45, 7) is 1.60. The van der Waals surface area contributed by atoms with Gasteiger partial charge >= 0.3 is 0 Å². The molecule has 0 aromatic carbocycles. The summed E-state index contributed by atoms with van der Waals surface area (Å²) in [5.74, 6) is -0.227. The van der Waals surface area contributed by atoms with Crippen LogP contribution in [0, 0.1) is 0 Å². The van der Waals surface area contributed by atoms with E-state index in [0.717, 1.165) is 37.0 Å². The van der Waals surface area contributed by atoms with E-state index in [1.165, 1.54) is 7.11 Å². The lowest BCUT2D eigenvalue weighted by Crippen LogP contribution is -2.43. The van der Waals surface area contributed by atoms with Crippen LogP contribution in [0.3, 0.4) is 0 Å². The van der Waals surface area contributed by atoms with Gasteiger partial charge in [0.25, 0.3) is 0 Å². The zero-order valence-electron chi connectivity index (χ0n) is 13.3. The molecular weight excluding hydrogens is 353 g/mol. The molecule has 0 bridgehead atoms. The molecule has 1 atom stereocenters. The van der Waals surface area contributed by atoms with Gasteiger partial charge in [-0.2, -0.15) is 0 Å². The monoisotopic (exact) mass is 373 g/mol. The smallest absolute Gasteiger partial charge is 0.250 e. The Morgan fingerprint density at radius 3 is 3.12 bits per heavy atom. The van der Waals surface area contributed by atoms with Gasteiger partial charge in [-0.3, -0.25) is 4.79 Å². The average Bonchev–Trinajstić information content (AvgIpc) is 2.90. The van der Waals surface area contributed by atoms with E-state index in [9.17, 15) is 4.79 Å². The molecule has 4 N–H and O–H groups in total. The number of nitrogens with zero attached hydrogens (tertiary/aromatic N) is 2. The zero-order valence-corrected chi connectivity index (χ0v) is 14.9. The van der Waals surface area contributed by atoms with Crippen molar-refractivity contribution in [3.05, 3.63) is 17.4 Å². The third-order valence-corrected chi connectivity index (χ3v) is 4.23. The molecule has 3 heterocycles. The van der Waals surface area contributed by atoms with Gasteiger partial charge in [-0.15, -0.1) is 12.4 Å². The number of halogens is 2.